The first-order chi connectivity index (χ1) is 15.4. The average molecular weight is 453 g/mol. The van der Waals surface area contributed by atoms with E-state index in [1.165, 1.54) is 5.56 Å². The number of hydrogen-bond donors (Lipinski definition) is 3. The van der Waals surface area contributed by atoms with Gasteiger partial charge in [-0.05, 0) is 54.5 Å². The Morgan fingerprint density at radius 1 is 1.22 bits per heavy atom. The first-order valence-electron chi connectivity index (χ1n) is 10.9. The van der Waals surface area contributed by atoms with Gasteiger partial charge in [0.05, 0.1) is 5.71 Å². The average Bonchev–Trinajstić information content (AvgIpc) is 2.79. The standard InChI is InChI=1S/C24H28N4O3S/c1-3-17-4-6-18(7-5-17)25-23(32)27-26-21-15-24(10-12-28(13-11-24)16(2)29)31-22-9-8-19(30)14-20(21)22/h4-9,14,30H,3,10-13,15H2,1-2H3,(H2,25,27,32)/b26-21-. The highest BCUT2D eigenvalue weighted by atomic mass is 32.1. The number of fused-ring (bicyclic) bond motifs is 1. The van der Waals surface area contributed by atoms with Gasteiger partial charge in [0.15, 0.2) is 5.11 Å². The Morgan fingerprint density at radius 2 is 1.94 bits per heavy atom. The molecule has 0 aliphatic carbocycles. The maximum atomic E-state index is 11.7. The number of benzene rings is 2. The lowest BCUT2D eigenvalue weighted by Crippen LogP contribution is -2.52. The molecule has 1 saturated heterocycles. The molecule has 2 aliphatic heterocycles. The summed E-state index contributed by atoms with van der Waals surface area (Å²) in [6.45, 7) is 5.01. The molecule has 0 aromatic heterocycles. The van der Waals surface area contributed by atoms with Gasteiger partial charge in [0.25, 0.3) is 0 Å². The van der Waals surface area contributed by atoms with Crippen LogP contribution in [-0.2, 0) is 11.2 Å². The lowest BCUT2D eigenvalue weighted by Gasteiger charge is -2.44. The van der Waals surface area contributed by atoms with Crippen molar-refractivity contribution >= 4 is 34.6 Å². The first kappa shape index (κ1) is 22.1. The normalized spacial score (nSPS) is 18.1. The van der Waals surface area contributed by atoms with Crippen LogP contribution in [0, 0.1) is 0 Å². The number of nitrogens with zero attached hydrogens (tertiary/aromatic N) is 2. The molecule has 1 amide bonds. The van der Waals surface area contributed by atoms with Gasteiger partial charge in [-0.25, -0.2) is 0 Å². The van der Waals surface area contributed by atoms with Crippen molar-refractivity contribution in [2.75, 3.05) is 18.4 Å². The predicted molar refractivity (Wildman–Crippen MR) is 129 cm³/mol. The minimum Gasteiger partial charge on any atom is -0.508 e. The van der Waals surface area contributed by atoms with Gasteiger partial charge >= 0.3 is 0 Å². The fourth-order valence-corrected chi connectivity index (χ4v) is 4.37. The third-order valence-corrected chi connectivity index (χ3v) is 6.32. The number of aromatic hydroxyl groups is 1. The Balaban J connectivity index is 1.51. The lowest BCUT2D eigenvalue weighted by molar-refractivity contribution is -0.132. The van der Waals surface area contributed by atoms with Gasteiger partial charge < -0.3 is 20.1 Å². The molecule has 8 heteroatoms. The summed E-state index contributed by atoms with van der Waals surface area (Å²) in [6, 6.07) is 13.1. The molecule has 168 valence electrons. The van der Waals surface area contributed by atoms with Crippen molar-refractivity contribution in [3.05, 3.63) is 53.6 Å². The fourth-order valence-electron chi connectivity index (χ4n) is 4.21. The number of thiocarbonyl (C=S) groups is 1. The highest BCUT2D eigenvalue weighted by Crippen LogP contribution is 2.40. The van der Waals surface area contributed by atoms with Crippen molar-refractivity contribution < 1.29 is 14.6 Å². The molecule has 32 heavy (non-hydrogen) atoms. The molecule has 0 saturated carbocycles. The van der Waals surface area contributed by atoms with Crippen molar-refractivity contribution in [1.29, 1.82) is 0 Å². The summed E-state index contributed by atoms with van der Waals surface area (Å²) in [7, 11) is 0. The van der Waals surface area contributed by atoms with E-state index in [0.717, 1.165) is 36.2 Å². The molecule has 3 N–H and O–H groups in total. The molecular formula is C24H28N4O3S. The number of aryl methyl sites for hydroxylation is 1. The van der Waals surface area contributed by atoms with Crippen LogP contribution in [0.15, 0.2) is 47.6 Å². The highest BCUT2D eigenvalue weighted by Gasteiger charge is 2.42. The minimum atomic E-state index is -0.429. The quantitative estimate of drug-likeness (QED) is 0.485. The van der Waals surface area contributed by atoms with Gasteiger partial charge in [-0.3, -0.25) is 10.2 Å². The third kappa shape index (κ3) is 4.85. The Bertz CT molecular complexity index is 1040. The van der Waals surface area contributed by atoms with Crippen LogP contribution in [0.3, 0.4) is 0 Å². The van der Waals surface area contributed by atoms with E-state index in [0.29, 0.717) is 30.4 Å². The summed E-state index contributed by atoms with van der Waals surface area (Å²) in [5, 5.41) is 18.1. The maximum absolute atomic E-state index is 11.7. The van der Waals surface area contributed by atoms with E-state index < -0.39 is 5.60 Å². The Kier molecular flexibility index (Phi) is 6.32. The number of ether oxygens (including phenoxy) is 1. The van der Waals surface area contributed by atoms with Gasteiger partial charge in [-0.2, -0.15) is 5.10 Å². The largest absolute Gasteiger partial charge is 0.508 e. The van der Waals surface area contributed by atoms with Gasteiger partial charge in [0, 0.05) is 50.5 Å². The Morgan fingerprint density at radius 3 is 2.59 bits per heavy atom. The SMILES string of the molecule is CCc1ccc(NC(=S)N/N=C2/CC3(CCN(C(C)=O)CC3)Oc3ccc(O)cc32)cc1. The van der Waals surface area contributed by atoms with Crippen LogP contribution in [-0.4, -0.2) is 45.4 Å². The van der Waals surface area contributed by atoms with Crippen molar-refractivity contribution in [3.63, 3.8) is 0 Å². The van der Waals surface area contributed by atoms with Crippen LogP contribution in [0.2, 0.25) is 0 Å². The molecule has 0 bridgehead atoms. The van der Waals surface area contributed by atoms with Crippen molar-refractivity contribution in [1.82, 2.24) is 10.3 Å². The molecular weight excluding hydrogens is 424 g/mol. The predicted octanol–water partition coefficient (Wildman–Crippen LogP) is 3.81. The zero-order chi connectivity index (χ0) is 22.7. The van der Waals surface area contributed by atoms with Crippen LogP contribution >= 0.6 is 12.2 Å². The number of rotatable bonds is 3. The third-order valence-electron chi connectivity index (χ3n) is 6.12. The second-order valence-corrected chi connectivity index (χ2v) is 8.73. The van der Waals surface area contributed by atoms with E-state index in [9.17, 15) is 9.90 Å². The van der Waals surface area contributed by atoms with E-state index >= 15 is 0 Å². The molecule has 4 rings (SSSR count). The maximum Gasteiger partial charge on any atom is 0.219 e. The van der Waals surface area contributed by atoms with E-state index in [4.69, 9.17) is 17.0 Å². The van der Waals surface area contributed by atoms with E-state index in [1.54, 1.807) is 25.1 Å². The van der Waals surface area contributed by atoms with Crippen LogP contribution < -0.4 is 15.5 Å². The number of phenolic OH excluding ortho intramolecular Hbond substituents is 1. The second kappa shape index (κ2) is 9.16. The smallest absolute Gasteiger partial charge is 0.219 e. The molecule has 0 atom stereocenters. The van der Waals surface area contributed by atoms with Gasteiger partial charge in [-0.15, -0.1) is 0 Å². The lowest BCUT2D eigenvalue weighted by atomic mass is 9.82. The zero-order valence-corrected chi connectivity index (χ0v) is 19.2. The summed E-state index contributed by atoms with van der Waals surface area (Å²) in [5.41, 5.74) is 6.17. The number of likely N-dealkylation sites (tertiary alicyclic amines) is 1. The molecule has 0 unspecified atom stereocenters. The topological polar surface area (TPSA) is 86.2 Å². The van der Waals surface area contributed by atoms with Crippen molar-refractivity contribution in [3.8, 4) is 11.5 Å². The van der Waals surface area contributed by atoms with Crippen LogP contribution in [0.5, 0.6) is 11.5 Å². The molecule has 0 radical (unpaired) electrons. The molecule has 1 fully saturated rings. The van der Waals surface area contributed by atoms with Crippen LogP contribution in [0.1, 0.15) is 44.2 Å². The number of hydrazone groups is 1. The van der Waals surface area contributed by atoms with E-state index in [1.807, 2.05) is 17.0 Å². The molecule has 1 spiro atoms. The summed E-state index contributed by atoms with van der Waals surface area (Å²) in [6.07, 6.45) is 2.99. The number of phenols is 1. The fraction of sp³-hybridized carbons (Fsp3) is 0.375. The molecule has 2 aromatic rings. The zero-order valence-electron chi connectivity index (χ0n) is 18.4. The summed E-state index contributed by atoms with van der Waals surface area (Å²) < 4.78 is 6.39. The highest BCUT2D eigenvalue weighted by molar-refractivity contribution is 7.80. The van der Waals surface area contributed by atoms with Gasteiger partial charge in [0.2, 0.25) is 5.91 Å². The molecule has 2 aromatic carbocycles. The Hall–Kier alpha value is -3.13. The number of nitrogens with one attached hydrogen (secondary N) is 2. The number of hydrogen-bond acceptors (Lipinski definition) is 5. The number of anilines is 1. The Labute approximate surface area is 193 Å². The van der Waals surface area contributed by atoms with Gasteiger partial charge in [0.1, 0.15) is 17.1 Å². The first-order valence-corrected chi connectivity index (χ1v) is 11.3. The number of piperidine rings is 1. The second-order valence-electron chi connectivity index (χ2n) is 8.32. The van der Waals surface area contributed by atoms with Gasteiger partial charge in [-0.1, -0.05) is 19.1 Å². The number of amides is 1. The van der Waals surface area contributed by atoms with Crippen LogP contribution in [0.25, 0.3) is 0 Å². The van der Waals surface area contributed by atoms with E-state index in [2.05, 4.69) is 34.9 Å². The summed E-state index contributed by atoms with van der Waals surface area (Å²) >= 11 is 5.43. The summed E-state index contributed by atoms with van der Waals surface area (Å²) in [4.78, 5) is 13.6. The molecule has 7 nitrogen and oxygen atoms in total. The van der Waals surface area contributed by atoms with Crippen molar-refractivity contribution in [2.45, 2.75) is 45.1 Å². The van der Waals surface area contributed by atoms with Crippen molar-refractivity contribution in [2.24, 2.45) is 5.10 Å². The van der Waals surface area contributed by atoms with E-state index in [-0.39, 0.29) is 11.7 Å². The van der Waals surface area contributed by atoms with Crippen LogP contribution in [0.4, 0.5) is 5.69 Å². The molecule has 2 aliphatic rings. The number of carbonyl (C=O) groups excluding carboxylic acids is 1. The summed E-state index contributed by atoms with van der Waals surface area (Å²) in [5.74, 6) is 0.916. The molecule has 2 heterocycles. The monoisotopic (exact) mass is 452 g/mol. The number of carbonyl (C=O) groups is 1. The minimum absolute atomic E-state index is 0.0833.